The van der Waals surface area contributed by atoms with Gasteiger partial charge in [-0.15, -0.1) is 0 Å². The second-order valence-electron chi connectivity index (χ2n) is 22.9. The molecule has 0 aromatic heterocycles. The van der Waals surface area contributed by atoms with Gasteiger partial charge < -0.3 is 14.6 Å². The first-order valence-corrected chi connectivity index (χ1v) is 33.8. The van der Waals surface area contributed by atoms with Crippen molar-refractivity contribution in [1.82, 2.24) is 0 Å². The number of rotatable bonds is 63. The average Bonchev–Trinajstić information content (AvgIpc) is 3.42. The number of unbranched alkanes of at least 4 members (excludes halogenated alkanes) is 45. The van der Waals surface area contributed by atoms with Crippen molar-refractivity contribution >= 4 is 11.9 Å². The molecule has 0 aromatic rings. The highest BCUT2D eigenvalue weighted by molar-refractivity contribution is 5.70. The van der Waals surface area contributed by atoms with Gasteiger partial charge in [0, 0.05) is 12.8 Å². The van der Waals surface area contributed by atoms with E-state index in [4.69, 9.17) is 9.47 Å². The maximum Gasteiger partial charge on any atom is 0.306 e. The van der Waals surface area contributed by atoms with Crippen LogP contribution < -0.4 is 0 Å². The fourth-order valence-electron chi connectivity index (χ4n) is 10.3. The Balaban J connectivity index is 3.39. The van der Waals surface area contributed by atoms with Crippen LogP contribution in [0.1, 0.15) is 361 Å². The molecule has 0 bridgehead atoms. The molecule has 0 heterocycles. The average molecular weight is 1060 g/mol. The summed E-state index contributed by atoms with van der Waals surface area (Å²) in [4.78, 5) is 24.6. The molecule has 0 radical (unpaired) electrons. The van der Waals surface area contributed by atoms with Crippen molar-refractivity contribution in [1.29, 1.82) is 0 Å². The van der Waals surface area contributed by atoms with Gasteiger partial charge in [0.25, 0.3) is 0 Å². The molecular formula is C71H130O5. The Labute approximate surface area is 474 Å². The molecule has 0 rings (SSSR count). The fraction of sp³-hybridized carbons (Fsp3) is 0.831. The van der Waals surface area contributed by atoms with E-state index in [-0.39, 0.29) is 25.2 Å². The fourth-order valence-corrected chi connectivity index (χ4v) is 10.3. The summed E-state index contributed by atoms with van der Waals surface area (Å²) in [5.74, 6) is -0.576. The van der Waals surface area contributed by atoms with E-state index in [1.54, 1.807) is 0 Å². The lowest BCUT2D eigenvalue weighted by Gasteiger charge is -2.15. The predicted molar refractivity (Wildman–Crippen MR) is 334 cm³/mol. The second kappa shape index (κ2) is 66.9. The van der Waals surface area contributed by atoms with Crippen molar-refractivity contribution in [3.63, 3.8) is 0 Å². The summed E-state index contributed by atoms with van der Waals surface area (Å²) in [7, 11) is 0. The Morgan fingerprint density at radius 2 is 0.566 bits per heavy atom. The third-order valence-corrected chi connectivity index (χ3v) is 15.3. The van der Waals surface area contributed by atoms with Gasteiger partial charge in [-0.05, 0) is 77.0 Å². The number of hydrogen-bond acceptors (Lipinski definition) is 5. The molecule has 444 valence electrons. The number of carbonyl (C=O) groups excluding carboxylic acids is 2. The molecule has 0 saturated carbocycles. The lowest BCUT2D eigenvalue weighted by Crippen LogP contribution is -2.28. The zero-order chi connectivity index (χ0) is 54.8. The van der Waals surface area contributed by atoms with Crippen molar-refractivity contribution in [3.05, 3.63) is 60.8 Å². The lowest BCUT2D eigenvalue weighted by atomic mass is 10.0. The summed E-state index contributed by atoms with van der Waals surface area (Å²) >= 11 is 0. The van der Waals surface area contributed by atoms with E-state index in [1.807, 2.05) is 0 Å². The van der Waals surface area contributed by atoms with Gasteiger partial charge in [-0.25, -0.2) is 0 Å². The SMILES string of the molecule is CC/C=C\C/C=C\C/C=C\C/C=C\CCCCCCCCCCCCCCC(=O)OC(CO)COC(=O)CCCCCCCCCCCCCCCCCCCCCCCCCCC/C=C\CCCCCCCCCC. The minimum Gasteiger partial charge on any atom is -0.462 e. The van der Waals surface area contributed by atoms with Crippen LogP contribution in [0.4, 0.5) is 0 Å². The van der Waals surface area contributed by atoms with Crippen LogP contribution in [0.5, 0.6) is 0 Å². The van der Waals surface area contributed by atoms with Crippen LogP contribution in [0.25, 0.3) is 0 Å². The van der Waals surface area contributed by atoms with E-state index in [2.05, 4.69) is 74.6 Å². The number of aliphatic hydroxyl groups is 1. The lowest BCUT2D eigenvalue weighted by molar-refractivity contribution is -0.161. The Morgan fingerprint density at radius 1 is 0.316 bits per heavy atom. The van der Waals surface area contributed by atoms with Crippen molar-refractivity contribution in [3.8, 4) is 0 Å². The van der Waals surface area contributed by atoms with Gasteiger partial charge in [-0.1, -0.05) is 331 Å². The maximum atomic E-state index is 12.3. The molecule has 5 heteroatoms. The molecule has 0 aliphatic rings. The summed E-state index contributed by atoms with van der Waals surface area (Å²) in [6, 6.07) is 0. The standard InChI is InChI=1S/C71H130O5/c1-3-5-7-9-11-13-15-17-19-21-23-25-27-29-30-31-32-33-34-35-36-37-38-39-40-42-43-45-47-49-51-53-55-57-59-61-63-65-70(73)75-68-69(67-72)76-71(74)66-64-62-60-58-56-54-52-50-48-46-44-41-28-26-24-22-20-18-16-14-12-10-8-6-4-2/h6,8,12,14,18,20-21,23-24,26,69,72H,3-5,7,9-11,13,15-17,19,22,25,27-68H2,1-2H3/b8-6-,14-12-,20-18-,23-21-,26-24-. The summed E-state index contributed by atoms with van der Waals surface area (Å²) < 4.78 is 10.8. The highest BCUT2D eigenvalue weighted by atomic mass is 16.6. The number of esters is 2. The van der Waals surface area contributed by atoms with Gasteiger partial charge in [0.05, 0.1) is 6.61 Å². The monoisotopic (exact) mass is 1060 g/mol. The van der Waals surface area contributed by atoms with Crippen molar-refractivity contribution in [2.45, 2.75) is 367 Å². The van der Waals surface area contributed by atoms with E-state index in [9.17, 15) is 14.7 Å². The van der Waals surface area contributed by atoms with Gasteiger partial charge in [0.2, 0.25) is 0 Å². The molecule has 0 aliphatic heterocycles. The minimum atomic E-state index is -0.774. The van der Waals surface area contributed by atoms with Gasteiger partial charge in [0.15, 0.2) is 6.10 Å². The number of carbonyl (C=O) groups is 2. The summed E-state index contributed by atoms with van der Waals surface area (Å²) in [6.07, 6.45) is 91.1. The summed E-state index contributed by atoms with van der Waals surface area (Å²) in [5.41, 5.74) is 0. The Bertz CT molecular complexity index is 1300. The van der Waals surface area contributed by atoms with Crippen LogP contribution in [0.15, 0.2) is 60.8 Å². The molecule has 1 atom stereocenters. The summed E-state index contributed by atoms with van der Waals surface area (Å²) in [6.45, 7) is 4.07. The first kappa shape index (κ1) is 73.6. The molecule has 0 spiro atoms. The molecule has 1 unspecified atom stereocenters. The highest BCUT2D eigenvalue weighted by Crippen LogP contribution is 2.18. The maximum absolute atomic E-state index is 12.3. The van der Waals surface area contributed by atoms with Crippen molar-refractivity contribution in [2.24, 2.45) is 0 Å². The number of allylic oxidation sites excluding steroid dienone is 10. The third kappa shape index (κ3) is 64.1. The topological polar surface area (TPSA) is 72.8 Å². The molecule has 76 heavy (non-hydrogen) atoms. The number of hydrogen-bond donors (Lipinski definition) is 1. The Kier molecular flexibility index (Phi) is 64.8. The molecule has 1 N–H and O–H groups in total. The minimum absolute atomic E-state index is 0.0637. The van der Waals surface area contributed by atoms with Gasteiger partial charge >= 0.3 is 11.9 Å². The highest BCUT2D eigenvalue weighted by Gasteiger charge is 2.16. The Morgan fingerprint density at radius 3 is 0.868 bits per heavy atom. The van der Waals surface area contributed by atoms with E-state index < -0.39 is 6.10 Å². The van der Waals surface area contributed by atoms with Crippen LogP contribution >= 0.6 is 0 Å². The molecular weight excluding hydrogens is 933 g/mol. The predicted octanol–water partition coefficient (Wildman–Crippen LogP) is 23.3. The van der Waals surface area contributed by atoms with Crippen LogP contribution in [0.3, 0.4) is 0 Å². The van der Waals surface area contributed by atoms with E-state index in [0.29, 0.717) is 12.8 Å². The van der Waals surface area contributed by atoms with Crippen LogP contribution in [-0.4, -0.2) is 36.4 Å². The Hall–Kier alpha value is -2.40. The second-order valence-corrected chi connectivity index (χ2v) is 22.9. The van der Waals surface area contributed by atoms with Crippen LogP contribution in [-0.2, 0) is 19.1 Å². The van der Waals surface area contributed by atoms with E-state index in [0.717, 1.165) is 64.2 Å². The summed E-state index contributed by atoms with van der Waals surface area (Å²) in [5, 5.41) is 9.69. The zero-order valence-corrected chi connectivity index (χ0v) is 51.0. The van der Waals surface area contributed by atoms with Crippen molar-refractivity contribution < 1.29 is 24.2 Å². The smallest absolute Gasteiger partial charge is 0.306 e. The zero-order valence-electron chi connectivity index (χ0n) is 51.0. The van der Waals surface area contributed by atoms with Gasteiger partial charge in [0.1, 0.15) is 6.61 Å². The van der Waals surface area contributed by atoms with Gasteiger partial charge in [-0.2, -0.15) is 0 Å². The molecule has 0 aliphatic carbocycles. The quantitative estimate of drug-likeness (QED) is 0.0373. The third-order valence-electron chi connectivity index (χ3n) is 15.3. The molecule has 0 amide bonds. The normalized spacial score (nSPS) is 12.5. The van der Waals surface area contributed by atoms with Crippen LogP contribution in [0, 0.1) is 0 Å². The molecule has 0 saturated heterocycles. The van der Waals surface area contributed by atoms with E-state index in [1.165, 1.54) is 270 Å². The first-order chi connectivity index (χ1) is 37.6. The number of ether oxygens (including phenoxy) is 2. The van der Waals surface area contributed by atoms with Gasteiger partial charge in [-0.3, -0.25) is 9.59 Å². The molecule has 0 fully saturated rings. The number of aliphatic hydroxyl groups excluding tert-OH is 1. The molecule has 5 nitrogen and oxygen atoms in total. The molecule has 0 aromatic carbocycles. The van der Waals surface area contributed by atoms with Crippen LogP contribution in [0.2, 0.25) is 0 Å². The first-order valence-electron chi connectivity index (χ1n) is 33.8. The van der Waals surface area contributed by atoms with E-state index >= 15 is 0 Å². The van der Waals surface area contributed by atoms with Crippen molar-refractivity contribution in [2.75, 3.05) is 13.2 Å². The largest absolute Gasteiger partial charge is 0.462 e.